The van der Waals surface area contributed by atoms with Gasteiger partial charge in [-0.2, -0.15) is 0 Å². The Morgan fingerprint density at radius 2 is 1.08 bits per heavy atom. The van der Waals surface area contributed by atoms with Crippen LogP contribution in [0.2, 0.25) is 0 Å². The molecule has 0 unspecified atom stereocenters. The molecule has 0 bridgehead atoms. The molecule has 2 aromatic heterocycles. The molecule has 6 nitrogen and oxygen atoms in total. The van der Waals surface area contributed by atoms with E-state index < -0.39 is 35.1 Å². The molecule has 0 saturated carbocycles. The first-order chi connectivity index (χ1) is 18.3. The van der Waals surface area contributed by atoms with Crippen molar-refractivity contribution in [3.8, 4) is 22.5 Å². The fourth-order valence-electron chi connectivity index (χ4n) is 3.44. The number of thiazole rings is 2. The van der Waals surface area contributed by atoms with E-state index in [0.717, 1.165) is 46.9 Å². The van der Waals surface area contributed by atoms with Crippen LogP contribution >= 0.6 is 22.7 Å². The van der Waals surface area contributed by atoms with Crippen molar-refractivity contribution in [2.24, 2.45) is 0 Å². The normalized spacial score (nSPS) is 10.8. The quantitative estimate of drug-likeness (QED) is 0.222. The highest BCUT2D eigenvalue weighted by molar-refractivity contribution is 7.14. The number of nitrogens with one attached hydrogen (secondary N) is 2. The van der Waals surface area contributed by atoms with Crippen molar-refractivity contribution in [1.82, 2.24) is 9.97 Å². The summed E-state index contributed by atoms with van der Waals surface area (Å²) < 4.78 is 54.4. The monoisotopic (exact) mass is 554 g/mol. The molecular formula is C26H14F4N4O2S2. The Morgan fingerprint density at radius 1 is 0.632 bits per heavy atom. The number of rotatable bonds is 6. The van der Waals surface area contributed by atoms with E-state index in [2.05, 4.69) is 20.6 Å². The van der Waals surface area contributed by atoms with Gasteiger partial charge in [0.2, 0.25) is 0 Å². The molecule has 2 N–H and O–H groups in total. The van der Waals surface area contributed by atoms with Crippen LogP contribution in [0, 0.1) is 23.3 Å². The van der Waals surface area contributed by atoms with E-state index in [1.165, 1.54) is 47.2 Å². The molecule has 0 saturated heterocycles. The number of amides is 2. The summed E-state index contributed by atoms with van der Waals surface area (Å²) in [4.78, 5) is 33.9. The molecule has 0 aliphatic heterocycles. The van der Waals surface area contributed by atoms with Crippen LogP contribution < -0.4 is 10.6 Å². The maximum absolute atomic E-state index is 14.0. The second kappa shape index (κ2) is 10.5. The number of halogens is 4. The predicted octanol–water partition coefficient (Wildman–Crippen LogP) is 6.99. The Balaban J connectivity index is 1.27. The van der Waals surface area contributed by atoms with Crippen molar-refractivity contribution in [1.29, 1.82) is 0 Å². The average molecular weight is 555 g/mol. The molecule has 12 heteroatoms. The van der Waals surface area contributed by atoms with E-state index in [1.54, 1.807) is 0 Å². The van der Waals surface area contributed by atoms with Gasteiger partial charge in [-0.3, -0.25) is 20.2 Å². The standard InChI is InChI=1S/C26H14F4N4O2S2/c27-15-4-6-17(19(29)9-15)21-11-37-25(31-21)33-23(35)13-2-1-3-14(8-13)24(36)34-26-32-22(12-38-26)18-7-5-16(28)10-20(18)30/h1-12H,(H,31,33,35)(H,32,34,36). The Kier molecular flexibility index (Phi) is 6.99. The molecule has 0 aliphatic carbocycles. The van der Waals surface area contributed by atoms with Crippen molar-refractivity contribution in [3.63, 3.8) is 0 Å². The topological polar surface area (TPSA) is 84.0 Å². The van der Waals surface area contributed by atoms with Crippen molar-refractivity contribution in [2.45, 2.75) is 0 Å². The summed E-state index contributed by atoms with van der Waals surface area (Å²) in [6, 6.07) is 12.1. The number of hydrogen-bond acceptors (Lipinski definition) is 6. The zero-order valence-electron chi connectivity index (χ0n) is 19.0. The van der Waals surface area contributed by atoms with Gasteiger partial charge in [0.1, 0.15) is 23.3 Å². The first-order valence-corrected chi connectivity index (χ1v) is 12.6. The molecule has 38 heavy (non-hydrogen) atoms. The molecule has 2 amide bonds. The lowest BCUT2D eigenvalue weighted by Gasteiger charge is -2.05. The van der Waals surface area contributed by atoms with Gasteiger partial charge in [0.15, 0.2) is 10.3 Å². The summed E-state index contributed by atoms with van der Waals surface area (Å²) in [6.45, 7) is 0. The van der Waals surface area contributed by atoms with Crippen molar-refractivity contribution in [2.75, 3.05) is 10.6 Å². The first kappa shape index (κ1) is 25.2. The molecule has 190 valence electrons. The Morgan fingerprint density at radius 3 is 1.50 bits per heavy atom. The summed E-state index contributed by atoms with van der Waals surface area (Å²) >= 11 is 2.12. The van der Waals surface area contributed by atoms with Crippen LogP contribution in [-0.2, 0) is 0 Å². The lowest BCUT2D eigenvalue weighted by Crippen LogP contribution is -2.15. The second-order valence-electron chi connectivity index (χ2n) is 7.81. The SMILES string of the molecule is O=C(Nc1nc(-c2ccc(F)cc2F)cs1)c1cccc(C(=O)Nc2nc(-c3ccc(F)cc3F)cs2)c1. The van der Waals surface area contributed by atoms with Crippen LogP contribution in [0.15, 0.2) is 71.4 Å². The maximum Gasteiger partial charge on any atom is 0.257 e. The van der Waals surface area contributed by atoms with Gasteiger partial charge >= 0.3 is 0 Å². The minimum absolute atomic E-state index is 0.0920. The molecule has 5 rings (SSSR count). The molecule has 0 fully saturated rings. The fraction of sp³-hybridized carbons (Fsp3) is 0. The third-order valence-electron chi connectivity index (χ3n) is 5.25. The number of carbonyl (C=O) groups excluding carboxylic acids is 2. The summed E-state index contributed by atoms with van der Waals surface area (Å²) in [5, 5.41) is 8.61. The largest absolute Gasteiger partial charge is 0.298 e. The van der Waals surface area contributed by atoms with Gasteiger partial charge in [-0.1, -0.05) is 6.07 Å². The van der Waals surface area contributed by atoms with E-state index in [-0.39, 0.29) is 43.9 Å². The third kappa shape index (κ3) is 5.45. The molecule has 2 heterocycles. The van der Waals surface area contributed by atoms with Crippen molar-refractivity contribution < 1.29 is 27.2 Å². The molecular weight excluding hydrogens is 540 g/mol. The van der Waals surface area contributed by atoms with Crippen molar-refractivity contribution in [3.05, 3.63) is 106 Å². The molecule has 0 spiro atoms. The summed E-state index contributed by atoms with van der Waals surface area (Å²) in [5.41, 5.74) is 0.980. The van der Waals surface area contributed by atoms with Gasteiger partial charge in [-0.15, -0.1) is 22.7 Å². The number of carbonyl (C=O) groups is 2. The summed E-state index contributed by atoms with van der Waals surface area (Å²) in [7, 11) is 0. The minimum Gasteiger partial charge on any atom is -0.298 e. The van der Waals surface area contributed by atoms with E-state index in [0.29, 0.717) is 0 Å². The maximum atomic E-state index is 14.0. The van der Waals surface area contributed by atoms with Crippen LogP contribution in [0.25, 0.3) is 22.5 Å². The van der Waals surface area contributed by atoms with Crippen LogP contribution in [0.4, 0.5) is 27.8 Å². The third-order valence-corrected chi connectivity index (χ3v) is 6.77. The van der Waals surface area contributed by atoms with Gasteiger partial charge in [-0.05, 0) is 42.5 Å². The molecule has 5 aromatic rings. The molecule has 0 aliphatic rings. The number of benzene rings is 3. The van der Waals surface area contributed by atoms with E-state index in [9.17, 15) is 27.2 Å². The van der Waals surface area contributed by atoms with Gasteiger partial charge in [0, 0.05) is 45.1 Å². The van der Waals surface area contributed by atoms with Crippen LogP contribution in [-0.4, -0.2) is 21.8 Å². The van der Waals surface area contributed by atoms with Crippen LogP contribution in [0.3, 0.4) is 0 Å². The fourth-order valence-corrected chi connectivity index (χ4v) is 4.86. The Bertz CT molecular complexity index is 1570. The van der Waals surface area contributed by atoms with Gasteiger partial charge in [0.25, 0.3) is 11.8 Å². The zero-order valence-corrected chi connectivity index (χ0v) is 20.6. The number of nitrogens with zero attached hydrogens (tertiary/aromatic N) is 2. The average Bonchev–Trinajstić information content (AvgIpc) is 3.54. The van der Waals surface area contributed by atoms with Crippen LogP contribution in [0.5, 0.6) is 0 Å². The zero-order chi connectivity index (χ0) is 26.8. The second-order valence-corrected chi connectivity index (χ2v) is 9.53. The Hall–Kier alpha value is -4.42. The van der Waals surface area contributed by atoms with Gasteiger partial charge in [0.05, 0.1) is 11.4 Å². The van der Waals surface area contributed by atoms with Gasteiger partial charge in [-0.25, -0.2) is 27.5 Å². The van der Waals surface area contributed by atoms with E-state index in [1.807, 2.05) is 0 Å². The summed E-state index contributed by atoms with van der Waals surface area (Å²) in [6.07, 6.45) is 0. The minimum atomic E-state index is -0.776. The highest BCUT2D eigenvalue weighted by Crippen LogP contribution is 2.29. The highest BCUT2D eigenvalue weighted by atomic mass is 32.1. The summed E-state index contributed by atoms with van der Waals surface area (Å²) in [5.74, 6) is -4.08. The molecule has 3 aromatic carbocycles. The molecule has 0 radical (unpaired) electrons. The van der Waals surface area contributed by atoms with E-state index >= 15 is 0 Å². The number of anilines is 2. The highest BCUT2D eigenvalue weighted by Gasteiger charge is 2.16. The van der Waals surface area contributed by atoms with Crippen LogP contribution in [0.1, 0.15) is 20.7 Å². The smallest absolute Gasteiger partial charge is 0.257 e. The Labute approximate surface area is 220 Å². The first-order valence-electron chi connectivity index (χ1n) is 10.8. The van der Waals surface area contributed by atoms with Crippen molar-refractivity contribution >= 4 is 44.8 Å². The molecule has 0 atom stereocenters. The number of aromatic nitrogens is 2. The lowest BCUT2D eigenvalue weighted by molar-refractivity contribution is 0.102. The van der Waals surface area contributed by atoms with E-state index in [4.69, 9.17) is 0 Å². The number of hydrogen-bond donors (Lipinski definition) is 2. The van der Waals surface area contributed by atoms with Gasteiger partial charge < -0.3 is 0 Å². The predicted molar refractivity (Wildman–Crippen MR) is 137 cm³/mol. The lowest BCUT2D eigenvalue weighted by atomic mass is 10.1.